The zero-order valence-corrected chi connectivity index (χ0v) is 18.6. The normalized spacial score (nSPS) is 15.4. The standard InChI is InChI=1S/C24H26N4O2S/c1-3-4-15-30-22(29)20-17(2)25-23-26-24(31-16-18-11-7-5-8-12-18)27-28(23)21(20)19-13-9-6-10-14-19/h5-14,21H,3-4,15-16H2,1-2H3,(H,25,26,27). The number of esters is 1. The summed E-state index contributed by atoms with van der Waals surface area (Å²) in [5.74, 6) is 1.09. The van der Waals surface area contributed by atoms with Crippen LogP contribution in [0.3, 0.4) is 0 Å². The Bertz CT molecular complexity index is 1060. The summed E-state index contributed by atoms with van der Waals surface area (Å²) >= 11 is 1.57. The van der Waals surface area contributed by atoms with Crippen molar-refractivity contribution in [2.24, 2.45) is 0 Å². The smallest absolute Gasteiger partial charge is 0.338 e. The van der Waals surface area contributed by atoms with Crippen LogP contribution in [-0.2, 0) is 15.3 Å². The monoisotopic (exact) mass is 434 g/mol. The van der Waals surface area contributed by atoms with E-state index < -0.39 is 0 Å². The molecule has 31 heavy (non-hydrogen) atoms. The van der Waals surface area contributed by atoms with Crippen LogP contribution < -0.4 is 5.32 Å². The summed E-state index contributed by atoms with van der Waals surface area (Å²) < 4.78 is 7.37. The van der Waals surface area contributed by atoms with E-state index >= 15 is 0 Å². The third-order valence-corrected chi connectivity index (χ3v) is 6.02. The van der Waals surface area contributed by atoms with Crippen molar-refractivity contribution in [3.05, 3.63) is 83.1 Å². The quantitative estimate of drug-likeness (QED) is 0.298. The second-order valence-corrected chi connectivity index (χ2v) is 8.35. The Morgan fingerprint density at radius 2 is 1.84 bits per heavy atom. The molecule has 0 saturated heterocycles. The Morgan fingerprint density at radius 3 is 2.55 bits per heavy atom. The molecule has 1 N–H and O–H groups in total. The fourth-order valence-electron chi connectivity index (χ4n) is 3.51. The molecule has 0 spiro atoms. The van der Waals surface area contributed by atoms with Crippen molar-refractivity contribution in [2.45, 2.75) is 43.6 Å². The predicted molar refractivity (Wildman–Crippen MR) is 123 cm³/mol. The first-order valence-electron chi connectivity index (χ1n) is 10.5. The minimum atomic E-state index is -0.384. The fourth-order valence-corrected chi connectivity index (χ4v) is 4.29. The molecule has 0 fully saturated rings. The number of carbonyl (C=O) groups excluding carboxylic acids is 1. The van der Waals surface area contributed by atoms with Gasteiger partial charge in [-0.2, -0.15) is 4.98 Å². The fraction of sp³-hybridized carbons (Fsp3) is 0.292. The first-order valence-corrected chi connectivity index (χ1v) is 11.5. The molecular formula is C24H26N4O2S. The molecule has 1 aliphatic heterocycles. The van der Waals surface area contributed by atoms with Gasteiger partial charge in [-0.3, -0.25) is 0 Å². The number of benzene rings is 2. The zero-order valence-electron chi connectivity index (χ0n) is 17.7. The first-order chi connectivity index (χ1) is 15.2. The molecule has 0 amide bonds. The van der Waals surface area contributed by atoms with Crippen molar-refractivity contribution < 1.29 is 9.53 Å². The molecule has 7 heteroatoms. The molecule has 0 saturated carbocycles. The van der Waals surface area contributed by atoms with Crippen LogP contribution in [0, 0.1) is 0 Å². The van der Waals surface area contributed by atoms with Gasteiger partial charge in [0.2, 0.25) is 11.1 Å². The van der Waals surface area contributed by atoms with Crippen LogP contribution in [0.4, 0.5) is 5.95 Å². The van der Waals surface area contributed by atoms with Crippen molar-refractivity contribution in [1.82, 2.24) is 14.8 Å². The van der Waals surface area contributed by atoms with Crippen molar-refractivity contribution in [1.29, 1.82) is 0 Å². The number of nitrogens with zero attached hydrogens (tertiary/aromatic N) is 3. The summed E-state index contributed by atoms with van der Waals surface area (Å²) in [5.41, 5.74) is 3.49. The highest BCUT2D eigenvalue weighted by Crippen LogP contribution is 2.36. The number of ether oxygens (including phenoxy) is 1. The topological polar surface area (TPSA) is 69.0 Å². The van der Waals surface area contributed by atoms with Gasteiger partial charge in [0.15, 0.2) is 0 Å². The van der Waals surface area contributed by atoms with Gasteiger partial charge in [-0.1, -0.05) is 85.8 Å². The lowest BCUT2D eigenvalue weighted by atomic mass is 9.96. The molecule has 4 rings (SSSR count). The Balaban J connectivity index is 1.64. The lowest BCUT2D eigenvalue weighted by molar-refractivity contribution is -0.139. The van der Waals surface area contributed by atoms with Crippen molar-refractivity contribution >= 4 is 23.7 Å². The van der Waals surface area contributed by atoms with Crippen LogP contribution in [-0.4, -0.2) is 27.3 Å². The molecule has 6 nitrogen and oxygen atoms in total. The second kappa shape index (κ2) is 9.83. The number of aromatic nitrogens is 3. The molecule has 1 aliphatic rings. The largest absolute Gasteiger partial charge is 0.462 e. The molecular weight excluding hydrogens is 408 g/mol. The van der Waals surface area contributed by atoms with E-state index in [0.717, 1.165) is 29.9 Å². The number of hydrogen-bond donors (Lipinski definition) is 1. The van der Waals surface area contributed by atoms with E-state index in [9.17, 15) is 4.79 Å². The lowest BCUT2D eigenvalue weighted by Crippen LogP contribution is -2.29. The van der Waals surface area contributed by atoms with Gasteiger partial charge in [0, 0.05) is 11.4 Å². The van der Waals surface area contributed by atoms with E-state index in [4.69, 9.17) is 9.84 Å². The third kappa shape index (κ3) is 4.82. The van der Waals surface area contributed by atoms with E-state index in [0.29, 0.717) is 23.3 Å². The van der Waals surface area contributed by atoms with E-state index in [1.54, 1.807) is 16.4 Å². The van der Waals surface area contributed by atoms with E-state index in [2.05, 4.69) is 29.4 Å². The van der Waals surface area contributed by atoms with Gasteiger partial charge < -0.3 is 10.1 Å². The zero-order chi connectivity index (χ0) is 21.6. The minimum absolute atomic E-state index is 0.313. The summed E-state index contributed by atoms with van der Waals surface area (Å²) in [5, 5.41) is 8.67. The van der Waals surface area contributed by atoms with Crippen molar-refractivity contribution in [3.63, 3.8) is 0 Å². The number of thioether (sulfide) groups is 1. The SMILES string of the molecule is CCCCOC(=O)C1=C(C)Nc2nc(SCc3ccccc3)nn2C1c1ccccc1. The maximum Gasteiger partial charge on any atom is 0.338 e. The van der Waals surface area contributed by atoms with Gasteiger partial charge in [-0.25, -0.2) is 9.48 Å². The Kier molecular flexibility index (Phi) is 6.72. The van der Waals surface area contributed by atoms with Crippen molar-refractivity contribution in [2.75, 3.05) is 11.9 Å². The minimum Gasteiger partial charge on any atom is -0.462 e. The van der Waals surface area contributed by atoms with E-state index in [1.807, 2.05) is 55.5 Å². The Hall–Kier alpha value is -3.06. The molecule has 0 bridgehead atoms. The maximum atomic E-state index is 13.0. The average Bonchev–Trinajstić information content (AvgIpc) is 3.20. The summed E-state index contributed by atoms with van der Waals surface area (Å²) in [7, 11) is 0. The van der Waals surface area contributed by atoms with Crippen LogP contribution in [0.5, 0.6) is 0 Å². The second-order valence-electron chi connectivity index (χ2n) is 7.40. The molecule has 0 aliphatic carbocycles. The number of rotatable bonds is 8. The lowest BCUT2D eigenvalue weighted by Gasteiger charge is -2.28. The Morgan fingerprint density at radius 1 is 1.13 bits per heavy atom. The first kappa shape index (κ1) is 21.2. The molecule has 0 radical (unpaired) electrons. The average molecular weight is 435 g/mol. The van der Waals surface area contributed by atoms with Gasteiger partial charge in [0.05, 0.1) is 12.2 Å². The van der Waals surface area contributed by atoms with E-state index in [1.165, 1.54) is 5.56 Å². The van der Waals surface area contributed by atoms with E-state index in [-0.39, 0.29) is 12.0 Å². The molecule has 1 aromatic heterocycles. The maximum absolute atomic E-state index is 13.0. The highest BCUT2D eigenvalue weighted by molar-refractivity contribution is 7.98. The highest BCUT2D eigenvalue weighted by atomic mass is 32.2. The molecule has 1 atom stereocenters. The van der Waals surface area contributed by atoms with Gasteiger partial charge in [0.25, 0.3) is 0 Å². The number of hydrogen-bond acceptors (Lipinski definition) is 6. The summed E-state index contributed by atoms with van der Waals surface area (Å²) in [6.07, 6.45) is 1.82. The molecule has 2 aromatic carbocycles. The van der Waals surface area contributed by atoms with Gasteiger partial charge in [-0.05, 0) is 24.5 Å². The predicted octanol–water partition coefficient (Wildman–Crippen LogP) is 5.20. The summed E-state index contributed by atoms with van der Waals surface area (Å²) in [6, 6.07) is 19.8. The van der Waals surface area contributed by atoms with Crippen LogP contribution in [0.15, 0.2) is 77.1 Å². The number of anilines is 1. The van der Waals surface area contributed by atoms with Crippen LogP contribution >= 0.6 is 11.8 Å². The van der Waals surface area contributed by atoms with Crippen molar-refractivity contribution in [3.8, 4) is 0 Å². The van der Waals surface area contributed by atoms with Gasteiger partial charge in [-0.15, -0.1) is 5.10 Å². The highest BCUT2D eigenvalue weighted by Gasteiger charge is 2.35. The van der Waals surface area contributed by atoms with Gasteiger partial charge >= 0.3 is 5.97 Å². The third-order valence-electron chi connectivity index (χ3n) is 5.11. The number of carbonyl (C=O) groups is 1. The summed E-state index contributed by atoms with van der Waals surface area (Å²) in [4.78, 5) is 17.7. The molecule has 2 heterocycles. The molecule has 1 unspecified atom stereocenters. The Labute approximate surface area is 186 Å². The van der Waals surface area contributed by atoms with Crippen LogP contribution in [0.1, 0.15) is 43.9 Å². The molecule has 3 aromatic rings. The number of fused-ring (bicyclic) bond motifs is 1. The number of unbranched alkanes of at least 4 members (excludes halogenated alkanes) is 1. The number of nitrogens with one attached hydrogen (secondary N) is 1. The van der Waals surface area contributed by atoms with Gasteiger partial charge in [0.1, 0.15) is 6.04 Å². The summed E-state index contributed by atoms with van der Waals surface area (Å²) in [6.45, 7) is 4.38. The number of allylic oxidation sites excluding steroid dienone is 1. The van der Waals surface area contributed by atoms with Crippen LogP contribution in [0.2, 0.25) is 0 Å². The van der Waals surface area contributed by atoms with Crippen LogP contribution in [0.25, 0.3) is 0 Å². The molecule has 160 valence electrons.